The average Bonchev–Trinajstić information content (AvgIpc) is 3.36. The minimum atomic E-state index is -0.530. The average molecular weight is 494 g/mol. The molecule has 37 heavy (non-hydrogen) atoms. The third kappa shape index (κ3) is 4.19. The van der Waals surface area contributed by atoms with Gasteiger partial charge in [0.05, 0.1) is 5.39 Å². The zero-order valence-electron chi connectivity index (χ0n) is 20.6. The number of hydrogen-bond donors (Lipinski definition) is 0. The van der Waals surface area contributed by atoms with E-state index in [2.05, 4.69) is 32.5 Å². The Labute approximate surface area is 214 Å². The molecule has 2 aliphatic rings. The molecule has 184 valence electrons. The van der Waals surface area contributed by atoms with Gasteiger partial charge in [0, 0.05) is 28.8 Å². The van der Waals surface area contributed by atoms with E-state index in [0.29, 0.717) is 42.0 Å². The second-order valence-electron chi connectivity index (χ2n) is 9.37. The molecule has 2 aromatic heterocycles. The first-order chi connectivity index (χ1) is 18.1. The molecule has 0 amide bonds. The number of nitrogens with zero attached hydrogens (tertiary/aromatic N) is 6. The number of aromatic nitrogens is 3. The van der Waals surface area contributed by atoms with Crippen LogP contribution in [0.5, 0.6) is 6.01 Å². The first-order valence-electron chi connectivity index (χ1n) is 12.4. The Balaban J connectivity index is 1.50. The predicted molar refractivity (Wildman–Crippen MR) is 146 cm³/mol. The van der Waals surface area contributed by atoms with Gasteiger partial charge in [-0.15, -0.1) is 11.1 Å². The normalized spacial score (nSPS) is 17.5. The van der Waals surface area contributed by atoms with Gasteiger partial charge in [0.1, 0.15) is 36.7 Å². The van der Waals surface area contributed by atoms with Crippen molar-refractivity contribution in [3.63, 3.8) is 0 Å². The first kappa shape index (κ1) is 23.1. The molecule has 0 unspecified atom stereocenters. The lowest BCUT2D eigenvalue weighted by Gasteiger charge is -2.22. The summed E-state index contributed by atoms with van der Waals surface area (Å²) in [6.07, 6.45) is 13.2. The predicted octanol–water partition coefficient (Wildman–Crippen LogP) is 3.47. The first-order valence-corrected chi connectivity index (χ1v) is 12.4. The fraction of sp³-hybridized carbons (Fsp3) is 0.276. The largest absolute Gasteiger partial charge is 0.462 e. The zero-order chi connectivity index (χ0) is 25.4. The van der Waals surface area contributed by atoms with E-state index >= 15 is 4.39 Å². The molecule has 6 rings (SSSR count). The number of anilines is 1. The number of likely N-dealkylation sites (N-methyl/N-ethyl adjacent to an activating group) is 1. The highest BCUT2D eigenvalue weighted by Crippen LogP contribution is 2.36. The molecule has 2 aliphatic heterocycles. The quantitative estimate of drug-likeness (QED) is 0.313. The summed E-state index contributed by atoms with van der Waals surface area (Å²) < 4.78 is 26.6. The van der Waals surface area contributed by atoms with E-state index in [1.165, 1.54) is 0 Å². The standard InChI is InChI=1S/C29H26FN6O/c1-3-19-7-4-8-20-9-5-11-22(24(19)20)26-25(30)27-23(17-32-26)28(36-15-12-31-13-16-36)34-29(33-27)37-18-21-10-6-14-35(21)2/h1,4-5,7-9,11-13,17,21H,6,10,14-16,18H2,2H3/q+1/t21-/m0/s1. The lowest BCUT2D eigenvalue weighted by atomic mass is 9.97. The zero-order valence-corrected chi connectivity index (χ0v) is 20.6. The SMILES string of the molecule is C#Cc1cccc2cccc(-c3ncc4c(N5CC=[N+]=CC5)nc(OC[C@@H]5CCCN5C)nc4c3F)c12. The summed E-state index contributed by atoms with van der Waals surface area (Å²) in [5.41, 5.74) is 1.67. The smallest absolute Gasteiger partial charge is 0.319 e. The van der Waals surface area contributed by atoms with Crippen LogP contribution in [-0.4, -0.2) is 71.6 Å². The van der Waals surface area contributed by atoms with Gasteiger partial charge in [-0.2, -0.15) is 9.97 Å². The maximum Gasteiger partial charge on any atom is 0.319 e. The summed E-state index contributed by atoms with van der Waals surface area (Å²) in [6.45, 7) is 2.58. The fourth-order valence-electron chi connectivity index (χ4n) is 5.15. The molecule has 4 heterocycles. The molecule has 7 nitrogen and oxygen atoms in total. The van der Waals surface area contributed by atoms with E-state index in [0.717, 1.165) is 30.2 Å². The maximum atomic E-state index is 16.3. The van der Waals surface area contributed by atoms with Gasteiger partial charge in [-0.25, -0.2) is 4.39 Å². The molecule has 8 heteroatoms. The summed E-state index contributed by atoms with van der Waals surface area (Å²) >= 11 is 0. The monoisotopic (exact) mass is 493 g/mol. The summed E-state index contributed by atoms with van der Waals surface area (Å²) in [7, 11) is 2.09. The van der Waals surface area contributed by atoms with Gasteiger partial charge in [-0.05, 0) is 37.9 Å². The van der Waals surface area contributed by atoms with Crippen molar-refractivity contribution in [1.29, 1.82) is 0 Å². The number of pyridine rings is 1. The molecule has 0 N–H and O–H groups in total. The molecule has 4 aromatic rings. The number of rotatable bonds is 5. The number of terminal acetylenes is 1. The Morgan fingerprint density at radius 1 is 1.16 bits per heavy atom. The van der Waals surface area contributed by atoms with Crippen molar-refractivity contribution in [2.45, 2.75) is 18.9 Å². The van der Waals surface area contributed by atoms with E-state index in [9.17, 15) is 0 Å². The molecule has 1 atom stereocenters. The van der Waals surface area contributed by atoms with Crippen LogP contribution in [0.15, 0.2) is 42.6 Å². The third-order valence-electron chi connectivity index (χ3n) is 7.15. The summed E-state index contributed by atoms with van der Waals surface area (Å²) in [5, 5.41) is 2.23. The maximum absolute atomic E-state index is 16.3. The van der Waals surface area contributed by atoms with Crippen molar-refractivity contribution >= 4 is 39.9 Å². The minimum absolute atomic E-state index is 0.156. The molecule has 1 fully saturated rings. The van der Waals surface area contributed by atoms with Crippen molar-refractivity contribution in [3.05, 3.63) is 54.0 Å². The van der Waals surface area contributed by atoms with Crippen LogP contribution < -0.4 is 14.3 Å². The van der Waals surface area contributed by atoms with Crippen molar-refractivity contribution in [2.24, 2.45) is 0 Å². The Morgan fingerprint density at radius 3 is 2.73 bits per heavy atom. The highest BCUT2D eigenvalue weighted by molar-refractivity contribution is 6.02. The number of fused-ring (bicyclic) bond motifs is 2. The second kappa shape index (κ2) is 9.62. The minimum Gasteiger partial charge on any atom is -0.462 e. The van der Waals surface area contributed by atoms with Gasteiger partial charge in [0.15, 0.2) is 5.82 Å². The fourth-order valence-corrected chi connectivity index (χ4v) is 5.15. The van der Waals surface area contributed by atoms with Gasteiger partial charge in [0.25, 0.3) is 12.4 Å². The Hall–Kier alpha value is -4.31. The van der Waals surface area contributed by atoms with Gasteiger partial charge in [-0.1, -0.05) is 36.3 Å². The van der Waals surface area contributed by atoms with Gasteiger partial charge in [0.2, 0.25) is 0 Å². The highest BCUT2D eigenvalue weighted by atomic mass is 19.1. The number of likely N-dealkylation sites (tertiary alicyclic amines) is 1. The lowest BCUT2D eigenvalue weighted by molar-refractivity contribution is 0.188. The van der Waals surface area contributed by atoms with Crippen LogP contribution in [0.25, 0.3) is 32.9 Å². The van der Waals surface area contributed by atoms with Gasteiger partial charge < -0.3 is 14.5 Å². The molecule has 0 bridgehead atoms. The van der Waals surface area contributed by atoms with E-state index in [-0.39, 0.29) is 23.3 Å². The van der Waals surface area contributed by atoms with Crippen LogP contribution >= 0.6 is 0 Å². The number of halogens is 1. The molecule has 0 saturated carbocycles. The van der Waals surface area contributed by atoms with Crippen LogP contribution in [-0.2, 0) is 0 Å². The van der Waals surface area contributed by atoms with Crippen molar-refractivity contribution in [1.82, 2.24) is 24.5 Å². The number of ether oxygens (including phenoxy) is 1. The van der Waals surface area contributed by atoms with Crippen LogP contribution in [0.3, 0.4) is 0 Å². The molecule has 0 spiro atoms. The molecule has 0 radical (unpaired) electrons. The van der Waals surface area contributed by atoms with Crippen molar-refractivity contribution in [2.75, 3.05) is 38.2 Å². The van der Waals surface area contributed by atoms with E-state index in [4.69, 9.17) is 16.1 Å². The molecule has 2 aromatic carbocycles. The summed E-state index contributed by atoms with van der Waals surface area (Å²) in [5.74, 6) is 2.76. The summed E-state index contributed by atoms with van der Waals surface area (Å²) in [4.78, 5) is 18.1. The van der Waals surface area contributed by atoms with E-state index in [1.54, 1.807) is 18.6 Å². The lowest BCUT2D eigenvalue weighted by Crippen LogP contribution is -2.33. The Kier molecular flexibility index (Phi) is 6.01. The van der Waals surface area contributed by atoms with Crippen LogP contribution in [0.1, 0.15) is 18.4 Å². The number of benzene rings is 2. The van der Waals surface area contributed by atoms with Crippen molar-refractivity contribution < 1.29 is 9.13 Å². The van der Waals surface area contributed by atoms with Gasteiger partial charge in [-0.3, -0.25) is 4.98 Å². The Bertz CT molecular complexity index is 1610. The van der Waals surface area contributed by atoms with E-state index < -0.39 is 5.82 Å². The van der Waals surface area contributed by atoms with Crippen molar-refractivity contribution in [3.8, 4) is 29.6 Å². The van der Waals surface area contributed by atoms with Crippen LogP contribution in [0.2, 0.25) is 0 Å². The van der Waals surface area contributed by atoms with Crippen LogP contribution in [0, 0.1) is 18.2 Å². The molecular formula is C29H26FN6O+. The molecule has 1 saturated heterocycles. The number of hydrogen-bond acceptors (Lipinski definition) is 6. The molecular weight excluding hydrogens is 467 g/mol. The molecule has 0 aliphatic carbocycles. The highest BCUT2D eigenvalue weighted by Gasteiger charge is 2.25. The topological polar surface area (TPSA) is 68.5 Å². The van der Waals surface area contributed by atoms with E-state index in [1.807, 2.05) is 41.3 Å². The van der Waals surface area contributed by atoms with Gasteiger partial charge >= 0.3 is 6.01 Å². The summed E-state index contributed by atoms with van der Waals surface area (Å²) in [6, 6.07) is 11.8. The van der Waals surface area contributed by atoms with Crippen LogP contribution in [0.4, 0.5) is 10.2 Å². The second-order valence-corrected chi connectivity index (χ2v) is 9.37. The third-order valence-corrected chi connectivity index (χ3v) is 7.15. The Morgan fingerprint density at radius 2 is 1.97 bits per heavy atom.